The van der Waals surface area contributed by atoms with E-state index >= 15 is 0 Å². The first-order chi connectivity index (χ1) is 21.2. The number of nitrogens with one attached hydrogen (secondary N) is 2. The molecule has 0 spiro atoms. The van der Waals surface area contributed by atoms with Gasteiger partial charge in [0, 0.05) is 50.4 Å². The van der Waals surface area contributed by atoms with Gasteiger partial charge in [0.25, 0.3) is 0 Å². The number of unbranched alkanes of at least 4 members (excludes halogenated alkanes) is 1. The maximum atomic E-state index is 14.4. The number of amides is 2. The van der Waals surface area contributed by atoms with Crippen molar-refractivity contribution in [3.63, 3.8) is 0 Å². The van der Waals surface area contributed by atoms with Gasteiger partial charge in [0.05, 0.1) is 12.8 Å². The number of nitrogens with zero attached hydrogens (tertiary/aromatic N) is 4. The van der Waals surface area contributed by atoms with Crippen LogP contribution >= 0.6 is 11.3 Å². The summed E-state index contributed by atoms with van der Waals surface area (Å²) >= 11 is 1.34. The number of carbonyl (C=O) groups is 2. The Morgan fingerprint density at radius 2 is 1.70 bits per heavy atom. The minimum absolute atomic E-state index is 0.131. The number of aromatic nitrogens is 2. The minimum atomic E-state index is -0.247. The zero-order valence-electron chi connectivity index (χ0n) is 25.1. The third-order valence-corrected chi connectivity index (χ3v) is 8.15. The molecule has 234 valence electrons. The van der Waals surface area contributed by atoms with Gasteiger partial charge in [-0.2, -0.15) is 0 Å². The van der Waals surface area contributed by atoms with Gasteiger partial charge in [-0.15, -0.1) is 10.2 Å². The zero-order chi connectivity index (χ0) is 31.3. The first-order valence-corrected chi connectivity index (χ1v) is 15.6. The molecule has 1 aliphatic heterocycles. The Labute approximate surface area is 262 Å². The summed E-state index contributed by atoms with van der Waals surface area (Å²) in [7, 11) is 2.09. The van der Waals surface area contributed by atoms with E-state index in [-0.39, 0.29) is 36.3 Å². The molecule has 0 bridgehead atoms. The molecule has 2 aromatic carbocycles. The number of piperazine rings is 1. The fourth-order valence-electron chi connectivity index (χ4n) is 4.77. The molecule has 0 radical (unpaired) electrons. The molecular formula is C32H41FN8O2S. The van der Waals surface area contributed by atoms with Crippen molar-refractivity contribution in [2.24, 2.45) is 11.5 Å². The number of nitrogens with two attached hydrogens (primary N) is 2. The van der Waals surface area contributed by atoms with Crippen molar-refractivity contribution in [3.8, 4) is 0 Å². The SMILES string of the molecule is CN1CCN(Cc2cc(CC(=O)Nc3nnc(CCCC/C(N)=C/C=C(\N)NC(=O)Cc4ccccc4)s3)ccc2F)CC1. The lowest BCUT2D eigenvalue weighted by atomic mass is 10.1. The molecule has 1 aliphatic rings. The van der Waals surface area contributed by atoms with E-state index in [4.69, 9.17) is 11.5 Å². The van der Waals surface area contributed by atoms with Gasteiger partial charge in [0.1, 0.15) is 16.6 Å². The van der Waals surface area contributed by atoms with Crippen LogP contribution in [0.5, 0.6) is 0 Å². The van der Waals surface area contributed by atoms with E-state index in [1.165, 1.54) is 17.4 Å². The second kappa shape index (κ2) is 16.6. The molecule has 12 heteroatoms. The average molecular weight is 621 g/mol. The van der Waals surface area contributed by atoms with Crippen molar-refractivity contribution < 1.29 is 14.0 Å². The van der Waals surface area contributed by atoms with Crippen LogP contribution in [0, 0.1) is 5.82 Å². The Balaban J connectivity index is 1.15. The third kappa shape index (κ3) is 11.2. The van der Waals surface area contributed by atoms with Crippen molar-refractivity contribution in [2.75, 3.05) is 38.5 Å². The summed E-state index contributed by atoms with van der Waals surface area (Å²) in [6, 6.07) is 14.3. The van der Waals surface area contributed by atoms with Crippen LogP contribution in [0.1, 0.15) is 41.0 Å². The Morgan fingerprint density at radius 1 is 0.955 bits per heavy atom. The number of hydrogen-bond acceptors (Lipinski definition) is 9. The summed E-state index contributed by atoms with van der Waals surface area (Å²) in [5, 5.41) is 15.0. The highest BCUT2D eigenvalue weighted by molar-refractivity contribution is 7.15. The fourth-order valence-corrected chi connectivity index (χ4v) is 5.57. The van der Waals surface area contributed by atoms with Gasteiger partial charge in [-0.1, -0.05) is 53.8 Å². The highest BCUT2D eigenvalue weighted by Crippen LogP contribution is 2.19. The van der Waals surface area contributed by atoms with Crippen molar-refractivity contribution in [2.45, 2.75) is 45.1 Å². The number of likely N-dealkylation sites (N-methyl/N-ethyl adjacent to an activating group) is 1. The standard InChI is InChI=1S/C32H41FN8O2S/c1-40-15-17-41(18-16-40)22-25-19-24(11-13-27(25)33)21-30(43)37-32-39-38-31(44-32)10-6-5-9-26(34)12-14-28(35)36-29(42)20-23-7-3-2-4-8-23/h2-4,7-8,11-14,19H,5-6,9-10,15-18,20-22,34-35H2,1H3,(H,36,42)(H,37,39,43)/b26-12-,28-14+. The molecule has 0 unspecified atom stereocenters. The van der Waals surface area contributed by atoms with Gasteiger partial charge < -0.3 is 27.0 Å². The van der Waals surface area contributed by atoms with Crippen molar-refractivity contribution in [3.05, 3.63) is 99.7 Å². The molecule has 44 heavy (non-hydrogen) atoms. The number of rotatable bonds is 14. The summed E-state index contributed by atoms with van der Waals surface area (Å²) in [6.45, 7) is 4.25. The highest BCUT2D eigenvalue weighted by atomic mass is 32.1. The van der Waals surface area contributed by atoms with Crippen molar-refractivity contribution >= 4 is 28.3 Å². The summed E-state index contributed by atoms with van der Waals surface area (Å²) < 4.78 is 14.4. The predicted molar refractivity (Wildman–Crippen MR) is 172 cm³/mol. The molecule has 6 N–H and O–H groups in total. The molecule has 0 atom stereocenters. The van der Waals surface area contributed by atoms with Gasteiger partial charge >= 0.3 is 0 Å². The Morgan fingerprint density at radius 3 is 2.48 bits per heavy atom. The van der Waals surface area contributed by atoms with E-state index in [0.29, 0.717) is 35.8 Å². The van der Waals surface area contributed by atoms with E-state index in [1.807, 2.05) is 30.3 Å². The van der Waals surface area contributed by atoms with Crippen LogP contribution in [0.2, 0.25) is 0 Å². The molecule has 4 rings (SSSR count). The van der Waals surface area contributed by atoms with Gasteiger partial charge in [-0.25, -0.2) is 4.39 Å². The normalized spacial score (nSPS) is 14.9. The number of allylic oxidation sites excluding steroid dienone is 3. The van der Waals surface area contributed by atoms with E-state index in [0.717, 1.165) is 55.2 Å². The first-order valence-electron chi connectivity index (χ1n) is 14.8. The fraction of sp³-hybridized carbons (Fsp3) is 0.375. The van der Waals surface area contributed by atoms with Crippen LogP contribution in [0.3, 0.4) is 0 Å². The lowest BCUT2D eigenvalue weighted by Gasteiger charge is -2.32. The Bertz CT molecular complexity index is 1450. The highest BCUT2D eigenvalue weighted by Gasteiger charge is 2.17. The summed E-state index contributed by atoms with van der Waals surface area (Å²) in [5.74, 6) is -0.414. The number of benzene rings is 2. The molecule has 2 amide bonds. The number of hydrogen-bond donors (Lipinski definition) is 4. The minimum Gasteiger partial charge on any atom is -0.402 e. The van der Waals surface area contributed by atoms with Crippen LogP contribution in [0.4, 0.5) is 9.52 Å². The molecule has 1 fully saturated rings. The monoisotopic (exact) mass is 620 g/mol. The molecule has 1 saturated heterocycles. The van der Waals surface area contributed by atoms with Crippen LogP contribution < -0.4 is 22.1 Å². The summed E-state index contributed by atoms with van der Waals surface area (Å²) in [5.41, 5.74) is 14.9. The first kappa shape index (κ1) is 32.8. The van der Waals surface area contributed by atoms with E-state index in [9.17, 15) is 14.0 Å². The van der Waals surface area contributed by atoms with Crippen molar-refractivity contribution in [1.29, 1.82) is 0 Å². The van der Waals surface area contributed by atoms with Crippen LogP contribution in [0.15, 0.2) is 72.2 Å². The van der Waals surface area contributed by atoms with E-state index in [2.05, 4.69) is 37.7 Å². The number of carbonyl (C=O) groups excluding carboxylic acids is 2. The smallest absolute Gasteiger partial charge is 0.230 e. The Hall–Kier alpha value is -4.13. The quantitative estimate of drug-likeness (QED) is 0.159. The maximum Gasteiger partial charge on any atom is 0.230 e. The number of halogens is 1. The second-order valence-corrected chi connectivity index (χ2v) is 12.1. The van der Waals surface area contributed by atoms with Gasteiger partial charge in [-0.05, 0) is 55.7 Å². The molecule has 10 nitrogen and oxygen atoms in total. The zero-order valence-corrected chi connectivity index (χ0v) is 25.9. The third-order valence-electron chi connectivity index (χ3n) is 7.25. The molecule has 1 aromatic heterocycles. The molecule has 0 aliphatic carbocycles. The van der Waals surface area contributed by atoms with Crippen molar-refractivity contribution in [1.82, 2.24) is 25.3 Å². The molecule has 2 heterocycles. The maximum absolute atomic E-state index is 14.4. The van der Waals surface area contributed by atoms with E-state index in [1.54, 1.807) is 24.3 Å². The van der Waals surface area contributed by atoms with Crippen LogP contribution in [0.25, 0.3) is 0 Å². The largest absolute Gasteiger partial charge is 0.402 e. The lowest BCUT2D eigenvalue weighted by Crippen LogP contribution is -2.44. The lowest BCUT2D eigenvalue weighted by molar-refractivity contribution is -0.119. The number of anilines is 1. The molecule has 3 aromatic rings. The molecule has 0 saturated carbocycles. The van der Waals surface area contributed by atoms with Crippen LogP contribution in [-0.4, -0.2) is 65.0 Å². The topological polar surface area (TPSA) is 142 Å². The second-order valence-electron chi connectivity index (χ2n) is 11.0. The Kier molecular flexibility index (Phi) is 12.4. The van der Waals surface area contributed by atoms with Gasteiger partial charge in [0.2, 0.25) is 16.9 Å². The predicted octanol–water partition coefficient (Wildman–Crippen LogP) is 3.32. The van der Waals surface area contributed by atoms with Gasteiger partial charge in [0.15, 0.2) is 0 Å². The summed E-state index contributed by atoms with van der Waals surface area (Å²) in [4.78, 5) is 29.3. The number of aryl methyl sites for hydroxylation is 1. The summed E-state index contributed by atoms with van der Waals surface area (Å²) in [6.07, 6.45) is 6.73. The molecular weight excluding hydrogens is 579 g/mol. The van der Waals surface area contributed by atoms with Crippen LogP contribution in [-0.2, 0) is 35.4 Å². The van der Waals surface area contributed by atoms with E-state index < -0.39 is 0 Å². The average Bonchev–Trinajstić information content (AvgIpc) is 3.44. The van der Waals surface area contributed by atoms with Gasteiger partial charge in [-0.3, -0.25) is 14.5 Å².